The van der Waals surface area contributed by atoms with Crippen LogP contribution in [0.25, 0.3) is 0 Å². The van der Waals surface area contributed by atoms with Crippen molar-refractivity contribution in [3.8, 4) is 0 Å². The second-order valence-electron chi connectivity index (χ2n) is 4.01. The molecule has 1 heterocycles. The molecular weight excluding hydrogens is 256 g/mol. The van der Waals surface area contributed by atoms with Gasteiger partial charge in [0, 0.05) is 19.0 Å². The number of nitrogens with two attached hydrogens (primary N) is 1. The van der Waals surface area contributed by atoms with Gasteiger partial charge in [-0.15, -0.1) is 0 Å². The summed E-state index contributed by atoms with van der Waals surface area (Å²) in [5.74, 6) is 6.67. The predicted octanol–water partition coefficient (Wildman–Crippen LogP) is 1.99. The molecule has 1 rings (SSSR count). The molecule has 0 saturated carbocycles. The highest BCUT2D eigenvalue weighted by atomic mass is 35.5. The largest absolute Gasteiger partial charge is 0.271 e. The Bertz CT molecular complexity index is 353. The summed E-state index contributed by atoms with van der Waals surface area (Å²) < 4.78 is 1.96. The fourth-order valence-electron chi connectivity index (χ4n) is 1.80. The average molecular weight is 277 g/mol. The zero-order valence-electron chi connectivity index (χ0n) is 10.7. The molecule has 0 aliphatic carbocycles. The fourth-order valence-corrected chi connectivity index (χ4v) is 2.53. The zero-order valence-corrected chi connectivity index (χ0v) is 12.2. The van der Waals surface area contributed by atoms with Gasteiger partial charge in [-0.3, -0.25) is 16.0 Å². The second kappa shape index (κ2) is 7.26. The molecule has 1 aromatic heterocycles. The van der Waals surface area contributed by atoms with Crippen molar-refractivity contribution in [3.05, 3.63) is 16.4 Å². The topological polar surface area (TPSA) is 55.9 Å². The minimum absolute atomic E-state index is 0.251. The van der Waals surface area contributed by atoms with Crippen LogP contribution in [0, 0.1) is 6.92 Å². The van der Waals surface area contributed by atoms with Crippen LogP contribution in [0.5, 0.6) is 0 Å². The molecule has 6 heteroatoms. The highest BCUT2D eigenvalue weighted by Crippen LogP contribution is 2.22. The van der Waals surface area contributed by atoms with Gasteiger partial charge in [-0.1, -0.05) is 11.6 Å². The first-order chi connectivity index (χ1) is 8.13. The van der Waals surface area contributed by atoms with Crippen molar-refractivity contribution in [3.63, 3.8) is 0 Å². The van der Waals surface area contributed by atoms with Crippen molar-refractivity contribution in [1.29, 1.82) is 0 Å². The SMILES string of the molecule is CCn1nc(C)c(Cl)c1CC(CCSC)NN. The van der Waals surface area contributed by atoms with Crippen LogP contribution in [0.2, 0.25) is 5.02 Å². The highest BCUT2D eigenvalue weighted by Gasteiger charge is 2.16. The van der Waals surface area contributed by atoms with Crippen LogP contribution in [0.1, 0.15) is 24.7 Å². The lowest BCUT2D eigenvalue weighted by molar-refractivity contribution is 0.489. The van der Waals surface area contributed by atoms with E-state index in [0.29, 0.717) is 0 Å². The standard InChI is InChI=1S/C11H21ClN4S/c1-4-16-10(11(12)8(2)15-16)7-9(14-13)5-6-17-3/h9,14H,4-7,13H2,1-3H3. The summed E-state index contributed by atoms with van der Waals surface area (Å²) in [6.07, 6.45) is 3.95. The van der Waals surface area contributed by atoms with Crippen molar-refractivity contribution in [2.75, 3.05) is 12.0 Å². The summed E-state index contributed by atoms with van der Waals surface area (Å²) in [5, 5.41) is 5.18. The number of hydrazine groups is 1. The molecule has 3 N–H and O–H groups in total. The van der Waals surface area contributed by atoms with E-state index >= 15 is 0 Å². The lowest BCUT2D eigenvalue weighted by atomic mass is 10.1. The maximum atomic E-state index is 6.27. The summed E-state index contributed by atoms with van der Waals surface area (Å²) in [4.78, 5) is 0. The van der Waals surface area contributed by atoms with Crippen LogP contribution < -0.4 is 11.3 Å². The first-order valence-corrected chi connectivity index (χ1v) is 7.58. The zero-order chi connectivity index (χ0) is 12.8. The molecule has 4 nitrogen and oxygen atoms in total. The third kappa shape index (κ3) is 3.88. The van der Waals surface area contributed by atoms with Gasteiger partial charge in [0.25, 0.3) is 0 Å². The molecule has 0 fully saturated rings. The van der Waals surface area contributed by atoms with E-state index < -0.39 is 0 Å². The molecule has 0 saturated heterocycles. The molecule has 1 atom stereocenters. The number of aryl methyl sites for hydroxylation is 2. The molecule has 0 spiro atoms. The number of nitrogens with one attached hydrogen (secondary N) is 1. The van der Waals surface area contributed by atoms with E-state index in [0.717, 1.165) is 41.5 Å². The maximum Gasteiger partial charge on any atom is 0.0847 e. The van der Waals surface area contributed by atoms with Gasteiger partial charge in [0.15, 0.2) is 0 Å². The Labute approximate surface area is 112 Å². The predicted molar refractivity (Wildman–Crippen MR) is 75.5 cm³/mol. The van der Waals surface area contributed by atoms with E-state index in [1.165, 1.54) is 0 Å². The van der Waals surface area contributed by atoms with E-state index in [1.807, 2.05) is 23.4 Å². The van der Waals surface area contributed by atoms with Gasteiger partial charge in [0.05, 0.1) is 16.4 Å². The van der Waals surface area contributed by atoms with Gasteiger partial charge in [0.1, 0.15) is 0 Å². The number of halogens is 1. The van der Waals surface area contributed by atoms with Crippen LogP contribution >= 0.6 is 23.4 Å². The molecule has 98 valence electrons. The minimum Gasteiger partial charge on any atom is -0.271 e. The van der Waals surface area contributed by atoms with Crippen LogP contribution in [-0.4, -0.2) is 27.8 Å². The van der Waals surface area contributed by atoms with E-state index in [9.17, 15) is 0 Å². The Kier molecular flexibility index (Phi) is 6.33. The second-order valence-corrected chi connectivity index (χ2v) is 5.37. The maximum absolute atomic E-state index is 6.27. The third-order valence-electron chi connectivity index (χ3n) is 2.80. The van der Waals surface area contributed by atoms with Crippen molar-refractivity contribution < 1.29 is 0 Å². The monoisotopic (exact) mass is 276 g/mol. The van der Waals surface area contributed by atoms with Gasteiger partial charge in [-0.25, -0.2) is 0 Å². The Hall–Kier alpha value is -0.230. The molecule has 0 aromatic carbocycles. The molecule has 0 amide bonds. The molecule has 0 bridgehead atoms. The summed E-state index contributed by atoms with van der Waals surface area (Å²) >= 11 is 8.09. The van der Waals surface area contributed by atoms with Crippen LogP contribution in [0.15, 0.2) is 0 Å². The first-order valence-electron chi connectivity index (χ1n) is 5.80. The molecule has 0 radical (unpaired) electrons. The number of rotatable bonds is 7. The fraction of sp³-hybridized carbons (Fsp3) is 0.727. The van der Waals surface area contributed by atoms with Crippen molar-refractivity contribution in [2.24, 2.45) is 5.84 Å². The summed E-state index contributed by atoms with van der Waals surface area (Å²) in [6.45, 7) is 4.84. The Morgan fingerprint density at radius 2 is 2.29 bits per heavy atom. The Morgan fingerprint density at radius 1 is 1.59 bits per heavy atom. The molecule has 0 aliphatic rings. The normalized spacial score (nSPS) is 13.0. The van der Waals surface area contributed by atoms with Gasteiger partial charge >= 0.3 is 0 Å². The third-order valence-corrected chi connectivity index (χ3v) is 3.93. The van der Waals surface area contributed by atoms with Crippen molar-refractivity contribution >= 4 is 23.4 Å². The van der Waals surface area contributed by atoms with Gasteiger partial charge < -0.3 is 0 Å². The lowest BCUT2D eigenvalue weighted by Crippen LogP contribution is -2.37. The van der Waals surface area contributed by atoms with Crippen LogP contribution in [0.3, 0.4) is 0 Å². The number of nitrogens with zero attached hydrogens (tertiary/aromatic N) is 2. The molecular formula is C11H21ClN4S. The molecule has 1 aromatic rings. The van der Waals surface area contributed by atoms with Gasteiger partial charge in [0.2, 0.25) is 0 Å². The minimum atomic E-state index is 0.251. The van der Waals surface area contributed by atoms with Gasteiger partial charge in [-0.2, -0.15) is 16.9 Å². The molecule has 17 heavy (non-hydrogen) atoms. The smallest absolute Gasteiger partial charge is 0.0847 e. The lowest BCUT2D eigenvalue weighted by Gasteiger charge is -2.16. The Balaban J connectivity index is 2.77. The number of aromatic nitrogens is 2. The van der Waals surface area contributed by atoms with Crippen molar-refractivity contribution in [2.45, 2.75) is 39.3 Å². The summed E-state index contributed by atoms with van der Waals surface area (Å²) in [7, 11) is 0. The summed E-state index contributed by atoms with van der Waals surface area (Å²) in [5.41, 5.74) is 4.83. The van der Waals surface area contributed by atoms with E-state index in [1.54, 1.807) is 0 Å². The van der Waals surface area contributed by atoms with E-state index in [2.05, 4.69) is 23.7 Å². The summed E-state index contributed by atoms with van der Waals surface area (Å²) in [6, 6.07) is 0.251. The average Bonchev–Trinajstić information content (AvgIpc) is 2.61. The Morgan fingerprint density at radius 3 is 2.82 bits per heavy atom. The van der Waals surface area contributed by atoms with Crippen LogP contribution in [-0.2, 0) is 13.0 Å². The molecule has 0 aliphatic heterocycles. The number of thioether (sulfide) groups is 1. The van der Waals surface area contributed by atoms with E-state index in [4.69, 9.17) is 17.4 Å². The highest BCUT2D eigenvalue weighted by molar-refractivity contribution is 7.98. The van der Waals surface area contributed by atoms with Crippen LogP contribution in [0.4, 0.5) is 0 Å². The first kappa shape index (κ1) is 14.8. The quantitative estimate of drug-likeness (QED) is 0.591. The number of hydrogen-bond acceptors (Lipinski definition) is 4. The van der Waals surface area contributed by atoms with Gasteiger partial charge in [-0.05, 0) is 32.3 Å². The van der Waals surface area contributed by atoms with Crippen molar-refractivity contribution in [1.82, 2.24) is 15.2 Å². The molecule has 1 unspecified atom stereocenters. The van der Waals surface area contributed by atoms with E-state index in [-0.39, 0.29) is 6.04 Å². The number of hydrogen-bond donors (Lipinski definition) is 2.